The van der Waals surface area contributed by atoms with Gasteiger partial charge in [-0.3, -0.25) is 9.69 Å². The van der Waals surface area contributed by atoms with E-state index >= 15 is 0 Å². The molecule has 8 heteroatoms. The maximum Gasteiger partial charge on any atom is 0.243 e. The average molecular weight is 430 g/mol. The van der Waals surface area contributed by atoms with E-state index in [-0.39, 0.29) is 11.9 Å². The summed E-state index contributed by atoms with van der Waals surface area (Å²) in [5.74, 6) is 0.0438. The number of hydrogen-bond donors (Lipinski definition) is 1. The van der Waals surface area contributed by atoms with Gasteiger partial charge in [-0.25, -0.2) is 8.42 Å². The van der Waals surface area contributed by atoms with Crippen molar-refractivity contribution in [2.24, 2.45) is 0 Å². The number of benzene rings is 1. The zero-order valence-corrected chi connectivity index (χ0v) is 16.9. The van der Waals surface area contributed by atoms with Crippen LogP contribution in [0.15, 0.2) is 27.6 Å². The number of rotatable bonds is 5. The van der Waals surface area contributed by atoms with Crippen LogP contribution in [0, 0.1) is 6.92 Å². The van der Waals surface area contributed by atoms with Gasteiger partial charge in [0.15, 0.2) is 0 Å². The molecule has 1 amide bonds. The van der Waals surface area contributed by atoms with E-state index in [9.17, 15) is 13.2 Å². The fourth-order valence-corrected chi connectivity index (χ4v) is 4.73. The first-order valence-corrected chi connectivity index (χ1v) is 10.8. The van der Waals surface area contributed by atoms with Crippen LogP contribution in [0.3, 0.4) is 0 Å². The molecule has 25 heavy (non-hydrogen) atoms. The van der Waals surface area contributed by atoms with Crippen LogP contribution >= 0.6 is 15.9 Å². The number of piperazine rings is 1. The number of carbonyl (C=O) groups excluding carboxylic acids is 1. The SMILES string of the molecule is Cc1cc(S(=O)(=O)N2CCN(C(C)C(=O)NC3CC3)CC2)ccc1Br. The lowest BCUT2D eigenvalue weighted by Gasteiger charge is -2.36. The first-order valence-electron chi connectivity index (χ1n) is 8.60. The van der Waals surface area contributed by atoms with Crippen molar-refractivity contribution in [1.82, 2.24) is 14.5 Å². The normalized spacial score (nSPS) is 21.1. The minimum atomic E-state index is -3.49. The number of hydrogen-bond acceptors (Lipinski definition) is 4. The van der Waals surface area contributed by atoms with Crippen LogP contribution in [-0.2, 0) is 14.8 Å². The van der Waals surface area contributed by atoms with Gasteiger partial charge in [0.1, 0.15) is 0 Å². The minimum Gasteiger partial charge on any atom is -0.352 e. The summed E-state index contributed by atoms with van der Waals surface area (Å²) < 4.78 is 28.1. The largest absolute Gasteiger partial charge is 0.352 e. The molecule has 138 valence electrons. The summed E-state index contributed by atoms with van der Waals surface area (Å²) in [7, 11) is -3.49. The van der Waals surface area contributed by atoms with Crippen LogP contribution in [0.2, 0.25) is 0 Å². The van der Waals surface area contributed by atoms with Crippen molar-refractivity contribution in [3.05, 3.63) is 28.2 Å². The van der Waals surface area contributed by atoms with E-state index in [0.29, 0.717) is 37.1 Å². The number of carbonyl (C=O) groups is 1. The topological polar surface area (TPSA) is 69.7 Å². The molecular formula is C17H24BrN3O3S. The second kappa shape index (κ2) is 7.34. The molecule has 3 rings (SSSR count). The maximum absolute atomic E-state index is 12.8. The van der Waals surface area contributed by atoms with E-state index in [2.05, 4.69) is 26.1 Å². The number of nitrogens with zero attached hydrogens (tertiary/aromatic N) is 2. The minimum absolute atomic E-state index is 0.0438. The quantitative estimate of drug-likeness (QED) is 0.773. The highest BCUT2D eigenvalue weighted by Gasteiger charge is 2.33. The Balaban J connectivity index is 1.62. The third-order valence-electron chi connectivity index (χ3n) is 4.89. The Morgan fingerprint density at radius 3 is 2.44 bits per heavy atom. The zero-order valence-electron chi connectivity index (χ0n) is 14.5. The first-order chi connectivity index (χ1) is 11.8. The number of nitrogens with one attached hydrogen (secondary N) is 1. The Labute approximate surface area is 157 Å². The molecule has 1 atom stereocenters. The second-order valence-electron chi connectivity index (χ2n) is 6.81. The molecule has 1 unspecified atom stereocenters. The van der Waals surface area contributed by atoms with Crippen LogP contribution in [0.25, 0.3) is 0 Å². The summed E-state index contributed by atoms with van der Waals surface area (Å²) in [5.41, 5.74) is 0.894. The summed E-state index contributed by atoms with van der Waals surface area (Å²) in [6.07, 6.45) is 2.13. The molecule has 1 aromatic rings. The molecule has 1 N–H and O–H groups in total. The monoisotopic (exact) mass is 429 g/mol. The van der Waals surface area contributed by atoms with Gasteiger partial charge in [0, 0.05) is 36.7 Å². The van der Waals surface area contributed by atoms with Gasteiger partial charge in [-0.15, -0.1) is 0 Å². The molecule has 1 aliphatic heterocycles. The predicted octanol–water partition coefficient (Wildman–Crippen LogP) is 1.73. The lowest BCUT2D eigenvalue weighted by molar-refractivity contribution is -0.126. The number of halogens is 1. The number of aryl methyl sites for hydroxylation is 1. The van der Waals surface area contributed by atoms with E-state index < -0.39 is 10.0 Å². The van der Waals surface area contributed by atoms with Gasteiger partial charge in [-0.1, -0.05) is 15.9 Å². The van der Waals surface area contributed by atoms with Gasteiger partial charge in [0.25, 0.3) is 0 Å². The zero-order chi connectivity index (χ0) is 18.2. The van der Waals surface area contributed by atoms with Crippen molar-refractivity contribution in [1.29, 1.82) is 0 Å². The smallest absolute Gasteiger partial charge is 0.243 e. The van der Waals surface area contributed by atoms with Gasteiger partial charge in [-0.05, 0) is 50.5 Å². The first kappa shape index (κ1) is 18.8. The maximum atomic E-state index is 12.8. The third kappa shape index (κ3) is 4.24. The molecule has 6 nitrogen and oxygen atoms in total. The Bertz CT molecular complexity index is 756. The Morgan fingerprint density at radius 2 is 1.88 bits per heavy atom. The number of amides is 1. The van der Waals surface area contributed by atoms with E-state index in [4.69, 9.17) is 0 Å². The molecular weight excluding hydrogens is 406 g/mol. The summed E-state index contributed by atoms with van der Waals surface area (Å²) >= 11 is 3.40. The fraction of sp³-hybridized carbons (Fsp3) is 0.588. The van der Waals surface area contributed by atoms with Crippen LogP contribution < -0.4 is 5.32 Å². The molecule has 1 saturated carbocycles. The van der Waals surface area contributed by atoms with Crippen molar-refractivity contribution in [2.45, 2.75) is 43.7 Å². The molecule has 1 aromatic carbocycles. The van der Waals surface area contributed by atoms with Crippen molar-refractivity contribution >= 4 is 31.9 Å². The van der Waals surface area contributed by atoms with Crippen molar-refractivity contribution in [3.8, 4) is 0 Å². The average Bonchev–Trinajstić information content (AvgIpc) is 3.40. The van der Waals surface area contributed by atoms with Crippen molar-refractivity contribution < 1.29 is 13.2 Å². The van der Waals surface area contributed by atoms with Gasteiger partial charge < -0.3 is 5.32 Å². The van der Waals surface area contributed by atoms with Crippen LogP contribution in [0.4, 0.5) is 0 Å². The van der Waals surface area contributed by atoms with Crippen molar-refractivity contribution in [2.75, 3.05) is 26.2 Å². The van der Waals surface area contributed by atoms with Gasteiger partial charge in [-0.2, -0.15) is 4.31 Å². The molecule has 0 aromatic heterocycles. The molecule has 2 fully saturated rings. The molecule has 1 heterocycles. The summed E-state index contributed by atoms with van der Waals surface area (Å²) in [6.45, 7) is 5.69. The van der Waals surface area contributed by atoms with Gasteiger partial charge in [0.05, 0.1) is 10.9 Å². The van der Waals surface area contributed by atoms with Crippen LogP contribution in [0.1, 0.15) is 25.3 Å². The number of sulfonamides is 1. The fourth-order valence-electron chi connectivity index (χ4n) is 2.97. The summed E-state index contributed by atoms with van der Waals surface area (Å²) in [6, 6.07) is 5.21. The molecule has 0 bridgehead atoms. The van der Waals surface area contributed by atoms with E-state index in [1.54, 1.807) is 18.2 Å². The molecule has 0 spiro atoms. The van der Waals surface area contributed by atoms with E-state index in [1.807, 2.05) is 13.8 Å². The molecule has 2 aliphatic rings. The standard InChI is InChI=1S/C17H24BrN3O3S/c1-12-11-15(5-6-16(12)18)25(23,24)21-9-7-20(8-10-21)13(2)17(22)19-14-3-4-14/h5-6,11,13-14H,3-4,7-10H2,1-2H3,(H,19,22). The molecule has 0 radical (unpaired) electrons. The van der Waals surface area contributed by atoms with Gasteiger partial charge in [0.2, 0.25) is 15.9 Å². The Morgan fingerprint density at radius 1 is 1.24 bits per heavy atom. The summed E-state index contributed by atoms with van der Waals surface area (Å²) in [5, 5.41) is 3.01. The van der Waals surface area contributed by atoms with E-state index in [0.717, 1.165) is 22.9 Å². The Hall–Kier alpha value is -0.960. The highest BCUT2D eigenvalue weighted by molar-refractivity contribution is 9.10. The second-order valence-corrected chi connectivity index (χ2v) is 9.60. The van der Waals surface area contributed by atoms with Crippen molar-refractivity contribution in [3.63, 3.8) is 0 Å². The van der Waals surface area contributed by atoms with E-state index in [1.165, 1.54) is 4.31 Å². The van der Waals surface area contributed by atoms with Crippen LogP contribution in [0.5, 0.6) is 0 Å². The van der Waals surface area contributed by atoms with Crippen LogP contribution in [-0.4, -0.2) is 61.8 Å². The molecule has 1 saturated heterocycles. The predicted molar refractivity (Wildman–Crippen MR) is 99.8 cm³/mol. The highest BCUT2D eigenvalue weighted by atomic mass is 79.9. The Kier molecular flexibility index (Phi) is 5.53. The lowest BCUT2D eigenvalue weighted by atomic mass is 10.2. The highest BCUT2D eigenvalue weighted by Crippen LogP contribution is 2.24. The van der Waals surface area contributed by atoms with Gasteiger partial charge >= 0.3 is 0 Å². The lowest BCUT2D eigenvalue weighted by Crippen LogP contribution is -2.55. The molecule has 1 aliphatic carbocycles. The summed E-state index contributed by atoms with van der Waals surface area (Å²) in [4.78, 5) is 14.5. The third-order valence-corrected chi connectivity index (χ3v) is 7.68.